The number of aryl methyl sites for hydroxylation is 3. The van der Waals surface area contributed by atoms with Gasteiger partial charge >= 0.3 is 0 Å². The smallest absolute Gasteiger partial charge is 0.248 e. The largest absolute Gasteiger partial charge is 0.497 e. The fourth-order valence-electron chi connectivity index (χ4n) is 5.49. The van der Waals surface area contributed by atoms with Crippen LogP contribution in [0.25, 0.3) is 0 Å². The average molecular weight is 544 g/mol. The summed E-state index contributed by atoms with van der Waals surface area (Å²) in [5, 5.41) is 0. The molecule has 8 nitrogen and oxygen atoms in total. The number of amides is 1. The molecule has 0 radical (unpaired) electrons. The number of benzene rings is 2. The zero-order valence-electron chi connectivity index (χ0n) is 23.1. The summed E-state index contributed by atoms with van der Waals surface area (Å²) >= 11 is 0. The zero-order valence-corrected chi connectivity index (χ0v) is 23.9. The van der Waals surface area contributed by atoms with Crippen molar-refractivity contribution in [3.8, 4) is 5.75 Å². The lowest BCUT2D eigenvalue weighted by atomic mass is 10.1. The van der Waals surface area contributed by atoms with E-state index in [-0.39, 0.29) is 25.2 Å². The predicted molar refractivity (Wildman–Crippen MR) is 148 cm³/mol. The van der Waals surface area contributed by atoms with Gasteiger partial charge in [-0.25, -0.2) is 8.42 Å². The summed E-state index contributed by atoms with van der Waals surface area (Å²) in [6.07, 6.45) is 2.48. The Hall–Kier alpha value is -2.46. The Morgan fingerprint density at radius 2 is 1.61 bits per heavy atom. The average Bonchev–Trinajstić information content (AvgIpc) is 2.90. The van der Waals surface area contributed by atoms with Gasteiger partial charge in [0.1, 0.15) is 12.4 Å². The molecule has 38 heavy (non-hydrogen) atoms. The molecule has 2 fully saturated rings. The third-order valence-corrected chi connectivity index (χ3v) is 9.85. The molecule has 1 unspecified atom stereocenters. The van der Waals surface area contributed by atoms with Crippen molar-refractivity contribution in [2.24, 2.45) is 0 Å². The van der Waals surface area contributed by atoms with Crippen LogP contribution in [0.1, 0.15) is 41.5 Å². The van der Waals surface area contributed by atoms with E-state index in [1.807, 2.05) is 4.90 Å². The second-order valence-corrected chi connectivity index (χ2v) is 12.3. The maximum absolute atomic E-state index is 13.7. The van der Waals surface area contributed by atoms with E-state index in [0.717, 1.165) is 38.9 Å². The Bertz CT molecular complexity index is 1180. The quantitative estimate of drug-likeness (QED) is 0.482. The fraction of sp³-hybridized carbons (Fsp3) is 0.552. The molecular formula is C29H41N3O5S. The molecule has 2 saturated heterocycles. The molecule has 2 heterocycles. The van der Waals surface area contributed by atoms with Crippen LogP contribution in [0, 0.1) is 20.8 Å². The molecule has 0 aliphatic carbocycles. The van der Waals surface area contributed by atoms with Gasteiger partial charge in [-0.15, -0.1) is 0 Å². The lowest BCUT2D eigenvalue weighted by Crippen LogP contribution is -2.50. The Kier molecular flexibility index (Phi) is 9.46. The van der Waals surface area contributed by atoms with Gasteiger partial charge in [-0.2, -0.15) is 4.31 Å². The van der Waals surface area contributed by atoms with Crippen LogP contribution in [-0.4, -0.2) is 87.5 Å². The van der Waals surface area contributed by atoms with Gasteiger partial charge in [0.15, 0.2) is 0 Å². The minimum absolute atomic E-state index is 0.0249. The van der Waals surface area contributed by atoms with E-state index >= 15 is 0 Å². The molecule has 1 atom stereocenters. The van der Waals surface area contributed by atoms with Crippen LogP contribution in [0.15, 0.2) is 41.3 Å². The number of nitrogens with zero attached hydrogens (tertiary/aromatic N) is 3. The summed E-state index contributed by atoms with van der Waals surface area (Å²) in [7, 11) is -2.13. The van der Waals surface area contributed by atoms with Crippen LogP contribution < -0.4 is 4.74 Å². The van der Waals surface area contributed by atoms with Gasteiger partial charge in [0.05, 0.1) is 18.6 Å². The van der Waals surface area contributed by atoms with Crippen LogP contribution >= 0.6 is 0 Å². The molecule has 9 heteroatoms. The van der Waals surface area contributed by atoms with Gasteiger partial charge in [0, 0.05) is 45.3 Å². The molecule has 0 aromatic heterocycles. The number of carbonyl (C=O) groups excluding carboxylic acids is 1. The number of methoxy groups -OCH3 is 1. The van der Waals surface area contributed by atoms with Crippen molar-refractivity contribution in [1.82, 2.24) is 14.1 Å². The highest BCUT2D eigenvalue weighted by Crippen LogP contribution is 2.32. The van der Waals surface area contributed by atoms with Gasteiger partial charge in [-0.1, -0.05) is 36.2 Å². The molecule has 208 valence electrons. The van der Waals surface area contributed by atoms with Crippen molar-refractivity contribution < 1.29 is 22.7 Å². The molecule has 2 aromatic rings. The van der Waals surface area contributed by atoms with E-state index in [0.29, 0.717) is 41.4 Å². The summed E-state index contributed by atoms with van der Waals surface area (Å²) in [5.74, 6) is 0.610. The summed E-state index contributed by atoms with van der Waals surface area (Å²) in [6, 6.07) is 11.8. The van der Waals surface area contributed by atoms with E-state index in [1.165, 1.54) is 11.1 Å². The van der Waals surface area contributed by atoms with Gasteiger partial charge in [-0.3, -0.25) is 9.69 Å². The van der Waals surface area contributed by atoms with E-state index in [2.05, 4.69) is 36.1 Å². The first-order chi connectivity index (χ1) is 18.2. The van der Waals surface area contributed by atoms with Crippen molar-refractivity contribution in [3.63, 3.8) is 0 Å². The lowest BCUT2D eigenvalue weighted by molar-refractivity contribution is -0.138. The topological polar surface area (TPSA) is 79.4 Å². The minimum atomic E-state index is -3.71. The van der Waals surface area contributed by atoms with Crippen LogP contribution in [0.5, 0.6) is 5.75 Å². The third kappa shape index (κ3) is 6.75. The maximum Gasteiger partial charge on any atom is 0.248 e. The zero-order chi connectivity index (χ0) is 27.3. The summed E-state index contributed by atoms with van der Waals surface area (Å²) in [6.45, 7) is 10.2. The monoisotopic (exact) mass is 543 g/mol. The number of sulfonamides is 1. The number of piperidine rings is 1. The normalized spacial score (nSPS) is 19.5. The van der Waals surface area contributed by atoms with Crippen LogP contribution in [0.3, 0.4) is 0 Å². The molecule has 1 amide bonds. The molecular weight excluding hydrogens is 502 g/mol. The van der Waals surface area contributed by atoms with Crippen molar-refractivity contribution in [2.45, 2.75) is 57.5 Å². The second kappa shape index (κ2) is 12.6. The first kappa shape index (κ1) is 28.5. The lowest BCUT2D eigenvalue weighted by Gasteiger charge is -2.36. The van der Waals surface area contributed by atoms with Gasteiger partial charge < -0.3 is 14.4 Å². The van der Waals surface area contributed by atoms with Crippen molar-refractivity contribution >= 4 is 15.9 Å². The number of piperazine rings is 1. The van der Waals surface area contributed by atoms with Crippen LogP contribution in [0.4, 0.5) is 0 Å². The van der Waals surface area contributed by atoms with Crippen molar-refractivity contribution in [1.29, 1.82) is 0 Å². The van der Waals surface area contributed by atoms with Gasteiger partial charge in [0.2, 0.25) is 15.9 Å². The highest BCUT2D eigenvalue weighted by molar-refractivity contribution is 7.89. The molecule has 0 N–H and O–H groups in total. The summed E-state index contributed by atoms with van der Waals surface area (Å²) < 4.78 is 40.2. The molecule has 0 bridgehead atoms. The van der Waals surface area contributed by atoms with E-state index in [1.54, 1.807) is 37.4 Å². The van der Waals surface area contributed by atoms with E-state index in [9.17, 15) is 13.2 Å². The number of hydrogen-bond acceptors (Lipinski definition) is 6. The molecule has 2 aliphatic rings. The number of hydrogen-bond donors (Lipinski definition) is 0. The minimum Gasteiger partial charge on any atom is -0.497 e. The summed E-state index contributed by atoms with van der Waals surface area (Å²) in [5.41, 5.74) is 3.88. The number of rotatable bonds is 9. The first-order valence-corrected chi connectivity index (χ1v) is 14.9. The predicted octanol–water partition coefficient (Wildman–Crippen LogP) is 3.52. The number of ether oxygens (including phenoxy) is 2. The molecule has 0 saturated carbocycles. The maximum atomic E-state index is 13.7. The third-order valence-electron chi connectivity index (χ3n) is 7.60. The van der Waals surface area contributed by atoms with E-state index in [4.69, 9.17) is 9.47 Å². The molecule has 4 rings (SSSR count). The summed E-state index contributed by atoms with van der Waals surface area (Å²) in [4.78, 5) is 17.4. The van der Waals surface area contributed by atoms with E-state index < -0.39 is 10.0 Å². The van der Waals surface area contributed by atoms with Gasteiger partial charge in [0.25, 0.3) is 0 Å². The van der Waals surface area contributed by atoms with Crippen molar-refractivity contribution in [3.05, 3.63) is 58.7 Å². The standard InChI is InChI=1S/C29H41N3O5S/c1-22-8-10-25(11-9-22)19-30-13-15-31(16-14-30)28(33)21-37-20-26-7-5-6-12-32(26)38(34,35)29-23(2)17-27(36-4)18-24(29)3/h8-11,17-18,26H,5-7,12-16,19-21H2,1-4H3. The fourth-order valence-corrected chi connectivity index (χ4v) is 7.58. The SMILES string of the molecule is COc1cc(C)c(S(=O)(=O)N2CCCCC2COCC(=O)N2CCN(Cc3ccc(C)cc3)CC2)c(C)c1. The molecule has 0 spiro atoms. The van der Waals surface area contributed by atoms with Gasteiger partial charge in [-0.05, 0) is 62.4 Å². The Balaban J connectivity index is 1.29. The Morgan fingerprint density at radius 1 is 0.947 bits per heavy atom. The van der Waals surface area contributed by atoms with Crippen LogP contribution in [0.2, 0.25) is 0 Å². The van der Waals surface area contributed by atoms with Crippen molar-refractivity contribution in [2.75, 3.05) is 53.0 Å². The molecule has 2 aliphatic heterocycles. The number of carbonyl (C=O) groups is 1. The second-order valence-electron chi connectivity index (χ2n) is 10.5. The molecule has 2 aromatic carbocycles. The highest BCUT2D eigenvalue weighted by Gasteiger charge is 2.36. The Morgan fingerprint density at radius 3 is 2.24 bits per heavy atom. The highest BCUT2D eigenvalue weighted by atomic mass is 32.2. The van der Waals surface area contributed by atoms with Crippen LogP contribution in [-0.2, 0) is 26.1 Å². The Labute approximate surface area is 227 Å². The first-order valence-electron chi connectivity index (χ1n) is 13.5.